The number of ether oxygens (including phenoxy) is 1. The molecule has 0 atom stereocenters. The maximum atomic E-state index is 14.7. The highest BCUT2D eigenvalue weighted by Gasteiger charge is 2.38. The second-order valence-electron chi connectivity index (χ2n) is 8.79. The van der Waals surface area contributed by atoms with Gasteiger partial charge in [-0.05, 0) is 37.5 Å². The largest absolute Gasteiger partial charge is 0.379 e. The van der Waals surface area contributed by atoms with Crippen molar-refractivity contribution in [3.05, 3.63) is 47.8 Å². The first-order valence-corrected chi connectivity index (χ1v) is 11.7. The minimum atomic E-state index is -0.262. The van der Waals surface area contributed by atoms with Gasteiger partial charge in [0, 0.05) is 51.2 Å². The van der Waals surface area contributed by atoms with E-state index in [0.29, 0.717) is 12.2 Å². The van der Waals surface area contributed by atoms with Gasteiger partial charge in [0.05, 0.1) is 18.9 Å². The molecular weight excluding hydrogens is 534 g/mol. The molecule has 1 aliphatic carbocycles. The standard InChI is InChI=1S/C24H35FN6O.HI/c1-19-27-10-11-31(19)22-7-6-20(16-21(22)25)17-28-23(26-2)29-18-24(8-4-3-5-9-24)30-12-14-32-15-13-30;/h6-7,10-11,16H,3-5,8-9,12-15,17-18H2,1-2H3,(H2,26,28,29);1H. The van der Waals surface area contributed by atoms with Crippen LogP contribution < -0.4 is 10.6 Å². The van der Waals surface area contributed by atoms with Crippen molar-refractivity contribution in [3.8, 4) is 5.69 Å². The van der Waals surface area contributed by atoms with E-state index in [1.165, 1.54) is 32.1 Å². The number of benzene rings is 1. The topological polar surface area (TPSA) is 66.7 Å². The number of halogens is 2. The Hall–Kier alpha value is -1.72. The summed E-state index contributed by atoms with van der Waals surface area (Å²) in [5.74, 6) is 1.25. The first kappa shape index (κ1) is 25.9. The fourth-order valence-corrected chi connectivity index (χ4v) is 5.00. The molecule has 0 unspecified atom stereocenters. The highest BCUT2D eigenvalue weighted by molar-refractivity contribution is 14.0. The molecule has 0 spiro atoms. The maximum absolute atomic E-state index is 14.7. The lowest BCUT2D eigenvalue weighted by Gasteiger charge is -2.48. The van der Waals surface area contributed by atoms with Gasteiger partial charge in [0.1, 0.15) is 11.6 Å². The lowest BCUT2D eigenvalue weighted by molar-refractivity contribution is -0.0352. The van der Waals surface area contributed by atoms with E-state index in [2.05, 4.69) is 25.5 Å². The van der Waals surface area contributed by atoms with Gasteiger partial charge >= 0.3 is 0 Å². The van der Waals surface area contributed by atoms with Crippen LogP contribution in [0, 0.1) is 12.7 Å². The average molecular weight is 570 g/mol. The van der Waals surface area contributed by atoms with Crippen molar-refractivity contribution < 1.29 is 9.13 Å². The molecule has 1 saturated carbocycles. The summed E-state index contributed by atoms with van der Waals surface area (Å²) in [5, 5.41) is 6.90. The molecule has 1 aromatic carbocycles. The summed E-state index contributed by atoms with van der Waals surface area (Å²) in [4.78, 5) is 11.2. The van der Waals surface area contributed by atoms with Crippen molar-refractivity contribution in [2.24, 2.45) is 4.99 Å². The molecule has 2 fully saturated rings. The molecule has 2 N–H and O–H groups in total. The summed E-state index contributed by atoms with van der Waals surface area (Å²) in [6.07, 6.45) is 9.72. The third-order valence-electron chi connectivity index (χ3n) is 6.83. The van der Waals surface area contributed by atoms with E-state index in [1.54, 1.807) is 36.1 Å². The van der Waals surface area contributed by atoms with Crippen LogP contribution in [0.15, 0.2) is 35.6 Å². The second-order valence-corrected chi connectivity index (χ2v) is 8.79. The molecule has 9 heteroatoms. The van der Waals surface area contributed by atoms with Crippen LogP contribution in [-0.4, -0.2) is 65.8 Å². The number of imidazole rings is 1. The molecule has 0 amide bonds. The fourth-order valence-electron chi connectivity index (χ4n) is 5.00. The highest BCUT2D eigenvalue weighted by atomic mass is 127. The number of nitrogens with zero attached hydrogens (tertiary/aromatic N) is 4. The Morgan fingerprint density at radius 3 is 2.58 bits per heavy atom. The number of morpholine rings is 1. The zero-order chi connectivity index (χ0) is 22.4. The zero-order valence-electron chi connectivity index (χ0n) is 19.6. The molecule has 7 nitrogen and oxygen atoms in total. The predicted octanol–water partition coefficient (Wildman–Crippen LogP) is 3.64. The van der Waals surface area contributed by atoms with Crippen LogP contribution in [0.1, 0.15) is 43.5 Å². The number of nitrogens with one attached hydrogen (secondary N) is 2. The summed E-state index contributed by atoms with van der Waals surface area (Å²) in [6.45, 7) is 6.85. The Kier molecular flexibility index (Phi) is 9.51. The minimum Gasteiger partial charge on any atom is -0.379 e. The van der Waals surface area contributed by atoms with Crippen LogP contribution in [0.25, 0.3) is 5.69 Å². The van der Waals surface area contributed by atoms with E-state index in [9.17, 15) is 4.39 Å². The summed E-state index contributed by atoms with van der Waals surface area (Å²) >= 11 is 0. The fraction of sp³-hybridized carbons (Fsp3) is 0.583. The number of aliphatic imine (C=N–C) groups is 1. The Morgan fingerprint density at radius 2 is 1.94 bits per heavy atom. The Labute approximate surface area is 213 Å². The summed E-state index contributed by atoms with van der Waals surface area (Å²) < 4.78 is 22.0. The zero-order valence-corrected chi connectivity index (χ0v) is 22.0. The molecule has 1 saturated heterocycles. The van der Waals surface area contributed by atoms with Gasteiger partial charge in [0.2, 0.25) is 0 Å². The van der Waals surface area contributed by atoms with Crippen molar-refractivity contribution in [1.29, 1.82) is 0 Å². The number of aryl methyl sites for hydroxylation is 1. The lowest BCUT2D eigenvalue weighted by atomic mass is 9.80. The van der Waals surface area contributed by atoms with Crippen LogP contribution in [-0.2, 0) is 11.3 Å². The van der Waals surface area contributed by atoms with Crippen molar-refractivity contribution in [3.63, 3.8) is 0 Å². The second kappa shape index (κ2) is 12.1. The third-order valence-corrected chi connectivity index (χ3v) is 6.83. The number of rotatable bonds is 6. The molecule has 1 aromatic heterocycles. The molecule has 2 heterocycles. The van der Waals surface area contributed by atoms with E-state index >= 15 is 0 Å². The van der Waals surface area contributed by atoms with Gasteiger partial charge in [-0.1, -0.05) is 25.3 Å². The highest BCUT2D eigenvalue weighted by Crippen LogP contribution is 2.33. The summed E-state index contributed by atoms with van der Waals surface area (Å²) in [7, 11) is 1.78. The minimum absolute atomic E-state index is 0. The maximum Gasteiger partial charge on any atom is 0.191 e. The quantitative estimate of drug-likeness (QED) is 0.316. The molecule has 182 valence electrons. The molecule has 33 heavy (non-hydrogen) atoms. The molecule has 0 radical (unpaired) electrons. The smallest absolute Gasteiger partial charge is 0.191 e. The Morgan fingerprint density at radius 1 is 1.18 bits per heavy atom. The number of guanidine groups is 1. The van der Waals surface area contributed by atoms with Gasteiger partial charge in [-0.2, -0.15) is 0 Å². The van der Waals surface area contributed by atoms with Crippen LogP contribution in [0.3, 0.4) is 0 Å². The van der Waals surface area contributed by atoms with Crippen molar-refractivity contribution >= 4 is 29.9 Å². The van der Waals surface area contributed by atoms with E-state index in [1.807, 2.05) is 13.0 Å². The third kappa shape index (κ3) is 6.24. The number of aromatic nitrogens is 2. The van der Waals surface area contributed by atoms with E-state index in [-0.39, 0.29) is 35.3 Å². The predicted molar refractivity (Wildman–Crippen MR) is 140 cm³/mol. The summed E-state index contributed by atoms with van der Waals surface area (Å²) in [6, 6.07) is 5.31. The Bertz CT molecular complexity index is 921. The molecule has 0 bridgehead atoms. The van der Waals surface area contributed by atoms with Gasteiger partial charge in [0.15, 0.2) is 5.96 Å². The van der Waals surface area contributed by atoms with Crippen molar-refractivity contribution in [2.75, 3.05) is 39.9 Å². The van der Waals surface area contributed by atoms with Gasteiger partial charge in [0.25, 0.3) is 0 Å². The van der Waals surface area contributed by atoms with Gasteiger partial charge in [-0.25, -0.2) is 9.37 Å². The van der Waals surface area contributed by atoms with Crippen LogP contribution in [0.2, 0.25) is 0 Å². The Balaban J connectivity index is 0.00000306. The van der Waals surface area contributed by atoms with Crippen molar-refractivity contribution in [2.45, 2.75) is 51.1 Å². The van der Waals surface area contributed by atoms with E-state index in [0.717, 1.165) is 50.2 Å². The first-order chi connectivity index (χ1) is 15.6. The monoisotopic (exact) mass is 570 g/mol. The van der Waals surface area contributed by atoms with Crippen LogP contribution in [0.4, 0.5) is 4.39 Å². The lowest BCUT2D eigenvalue weighted by Crippen LogP contribution is -2.60. The molecule has 2 aliphatic rings. The molecule has 2 aromatic rings. The SMILES string of the molecule is CN=C(NCc1ccc(-n2ccnc2C)c(F)c1)NCC1(N2CCOCC2)CCCCC1.I. The van der Waals surface area contributed by atoms with Crippen molar-refractivity contribution in [1.82, 2.24) is 25.1 Å². The van der Waals surface area contributed by atoms with Crippen LogP contribution in [0.5, 0.6) is 0 Å². The molecular formula is C24H36FIN6O. The van der Waals surface area contributed by atoms with Gasteiger partial charge < -0.3 is 19.9 Å². The number of hydrogen-bond donors (Lipinski definition) is 2. The van der Waals surface area contributed by atoms with E-state index in [4.69, 9.17) is 4.74 Å². The first-order valence-electron chi connectivity index (χ1n) is 11.7. The normalized spacial score (nSPS) is 19.1. The summed E-state index contributed by atoms with van der Waals surface area (Å²) in [5.41, 5.74) is 1.54. The van der Waals surface area contributed by atoms with Gasteiger partial charge in [-0.3, -0.25) is 9.89 Å². The van der Waals surface area contributed by atoms with Crippen LogP contribution >= 0.6 is 24.0 Å². The number of hydrogen-bond acceptors (Lipinski definition) is 4. The molecule has 1 aliphatic heterocycles. The molecule has 4 rings (SSSR count). The van der Waals surface area contributed by atoms with Gasteiger partial charge in [-0.15, -0.1) is 24.0 Å². The van der Waals surface area contributed by atoms with E-state index < -0.39 is 0 Å². The average Bonchev–Trinajstić information content (AvgIpc) is 3.26.